The van der Waals surface area contributed by atoms with Crippen LogP contribution < -0.4 is 4.57 Å². The summed E-state index contributed by atoms with van der Waals surface area (Å²) in [4.78, 5) is 4.40. The first-order valence-corrected chi connectivity index (χ1v) is 7.45. The van der Waals surface area contributed by atoms with Crippen molar-refractivity contribution < 1.29 is 4.57 Å². The van der Waals surface area contributed by atoms with Crippen molar-refractivity contribution in [2.24, 2.45) is 0 Å². The van der Waals surface area contributed by atoms with Crippen molar-refractivity contribution in [2.75, 3.05) is 0 Å². The highest BCUT2D eigenvalue weighted by atomic mass is 15.2. The van der Waals surface area contributed by atoms with Crippen LogP contribution in [0.25, 0.3) is 0 Å². The van der Waals surface area contributed by atoms with Crippen LogP contribution in [0.1, 0.15) is 29.4 Å². The Bertz CT molecular complexity index is 732. The minimum absolute atomic E-state index is 0.478. The molecule has 1 aliphatic rings. The predicted molar refractivity (Wildman–Crippen MR) is 80.9 cm³/mol. The van der Waals surface area contributed by atoms with Crippen LogP contribution in [0.3, 0.4) is 0 Å². The summed E-state index contributed by atoms with van der Waals surface area (Å²) >= 11 is 0. The molecule has 104 valence electrons. The molecule has 3 heteroatoms. The highest BCUT2D eigenvalue weighted by molar-refractivity contribution is 5.23. The number of benzene rings is 1. The average Bonchev–Trinajstić information content (AvgIpc) is 3.09. The van der Waals surface area contributed by atoms with Crippen molar-refractivity contribution in [1.82, 2.24) is 9.55 Å². The van der Waals surface area contributed by atoms with Gasteiger partial charge in [0.2, 0.25) is 6.33 Å². The normalized spacial score (nSPS) is 16.9. The van der Waals surface area contributed by atoms with Gasteiger partial charge in [-0.15, -0.1) is 0 Å². The molecule has 1 atom stereocenters. The molecule has 0 N–H and O–H groups in total. The molecule has 1 aliphatic heterocycles. The van der Waals surface area contributed by atoms with Gasteiger partial charge in [-0.2, -0.15) is 0 Å². The number of rotatable bonds is 3. The zero-order valence-corrected chi connectivity index (χ0v) is 11.9. The molecule has 21 heavy (non-hydrogen) atoms. The van der Waals surface area contributed by atoms with E-state index in [2.05, 4.69) is 63.0 Å². The standard InChI is InChI=1S/C18H18N3/c1-2-6-15(7-3-1)18-10-9-17-13-20(14-21(17)18)12-16-8-4-5-11-19-16/h1-8,11,13-14,18H,9-10,12H2/q+1/t18-/m1/s1. The molecule has 3 heterocycles. The van der Waals surface area contributed by atoms with Gasteiger partial charge >= 0.3 is 0 Å². The smallest absolute Gasteiger partial charge is 0.244 e. The maximum absolute atomic E-state index is 4.40. The quantitative estimate of drug-likeness (QED) is 0.674. The highest BCUT2D eigenvalue weighted by Crippen LogP contribution is 2.30. The van der Waals surface area contributed by atoms with E-state index in [1.165, 1.54) is 17.7 Å². The molecule has 0 spiro atoms. The van der Waals surface area contributed by atoms with Crippen LogP contribution in [0.2, 0.25) is 0 Å². The lowest BCUT2D eigenvalue weighted by molar-refractivity contribution is -0.688. The van der Waals surface area contributed by atoms with E-state index in [1.807, 2.05) is 18.3 Å². The summed E-state index contributed by atoms with van der Waals surface area (Å²) in [7, 11) is 0. The molecule has 0 bridgehead atoms. The van der Waals surface area contributed by atoms with Crippen molar-refractivity contribution in [2.45, 2.75) is 25.4 Å². The molecule has 0 amide bonds. The SMILES string of the molecule is c1ccc([C@H]2CCc3c[n+](Cc4ccccn4)cn32)cc1. The molecule has 2 aromatic heterocycles. The Balaban J connectivity index is 1.62. The highest BCUT2D eigenvalue weighted by Gasteiger charge is 2.30. The number of nitrogens with zero attached hydrogens (tertiary/aromatic N) is 3. The van der Waals surface area contributed by atoms with Crippen LogP contribution in [0.15, 0.2) is 67.3 Å². The van der Waals surface area contributed by atoms with E-state index in [0.717, 1.165) is 18.7 Å². The van der Waals surface area contributed by atoms with Crippen molar-refractivity contribution in [3.05, 3.63) is 84.2 Å². The lowest BCUT2D eigenvalue weighted by atomic mass is 10.1. The summed E-state index contributed by atoms with van der Waals surface area (Å²) in [6.45, 7) is 0.836. The average molecular weight is 276 g/mol. The number of pyridine rings is 1. The molecular weight excluding hydrogens is 258 g/mol. The van der Waals surface area contributed by atoms with Gasteiger partial charge in [-0.05, 0) is 17.7 Å². The number of hydrogen-bond acceptors (Lipinski definition) is 1. The lowest BCUT2D eigenvalue weighted by Crippen LogP contribution is -2.32. The maximum atomic E-state index is 4.40. The molecule has 3 nitrogen and oxygen atoms in total. The molecule has 4 rings (SSSR count). The summed E-state index contributed by atoms with van der Waals surface area (Å²) in [5.74, 6) is 0. The minimum Gasteiger partial charge on any atom is -0.257 e. The van der Waals surface area contributed by atoms with Crippen LogP contribution in [0.5, 0.6) is 0 Å². The van der Waals surface area contributed by atoms with E-state index in [9.17, 15) is 0 Å². The Kier molecular flexibility index (Phi) is 3.03. The van der Waals surface area contributed by atoms with Gasteiger partial charge in [0.15, 0.2) is 0 Å². The Morgan fingerprint density at radius 2 is 1.95 bits per heavy atom. The van der Waals surface area contributed by atoms with Gasteiger partial charge in [-0.3, -0.25) is 4.98 Å². The first kappa shape index (κ1) is 12.3. The van der Waals surface area contributed by atoms with E-state index >= 15 is 0 Å². The van der Waals surface area contributed by atoms with Crippen LogP contribution in [0, 0.1) is 0 Å². The summed E-state index contributed by atoms with van der Waals surface area (Å²) < 4.78 is 4.66. The molecule has 3 aromatic rings. The second-order valence-corrected chi connectivity index (χ2v) is 5.60. The van der Waals surface area contributed by atoms with Gasteiger partial charge in [0.25, 0.3) is 0 Å². The molecule has 0 saturated heterocycles. The van der Waals surface area contributed by atoms with Crippen molar-refractivity contribution in [3.63, 3.8) is 0 Å². The van der Waals surface area contributed by atoms with E-state index < -0.39 is 0 Å². The van der Waals surface area contributed by atoms with Crippen molar-refractivity contribution >= 4 is 0 Å². The number of fused-ring (bicyclic) bond motifs is 1. The fourth-order valence-electron chi connectivity index (χ4n) is 3.19. The Labute approximate surface area is 124 Å². The third kappa shape index (κ3) is 2.35. The Hall–Kier alpha value is -2.42. The predicted octanol–water partition coefficient (Wildman–Crippen LogP) is 2.75. The molecule has 0 radical (unpaired) electrons. The first-order valence-electron chi connectivity index (χ1n) is 7.45. The van der Waals surface area contributed by atoms with Gasteiger partial charge in [0.1, 0.15) is 24.5 Å². The third-order valence-electron chi connectivity index (χ3n) is 4.18. The van der Waals surface area contributed by atoms with E-state index in [0.29, 0.717) is 6.04 Å². The van der Waals surface area contributed by atoms with Gasteiger partial charge in [0.05, 0.1) is 5.69 Å². The second-order valence-electron chi connectivity index (χ2n) is 5.60. The van der Waals surface area contributed by atoms with Gasteiger partial charge in [-0.1, -0.05) is 36.4 Å². The second kappa shape index (κ2) is 5.17. The zero-order chi connectivity index (χ0) is 14.1. The fraction of sp³-hybridized carbons (Fsp3) is 0.222. The van der Waals surface area contributed by atoms with E-state index in [1.54, 1.807) is 0 Å². The number of aryl methyl sites for hydroxylation is 1. The summed E-state index contributed by atoms with van der Waals surface area (Å²) in [6, 6.07) is 17.3. The van der Waals surface area contributed by atoms with Crippen molar-refractivity contribution in [1.29, 1.82) is 0 Å². The van der Waals surface area contributed by atoms with E-state index in [4.69, 9.17) is 0 Å². The lowest BCUT2D eigenvalue weighted by Gasteiger charge is -2.07. The Morgan fingerprint density at radius 1 is 1.10 bits per heavy atom. The third-order valence-corrected chi connectivity index (χ3v) is 4.18. The molecule has 1 aromatic carbocycles. The van der Waals surface area contributed by atoms with Gasteiger partial charge < -0.3 is 0 Å². The Morgan fingerprint density at radius 3 is 2.76 bits per heavy atom. The van der Waals surface area contributed by atoms with Crippen LogP contribution >= 0.6 is 0 Å². The van der Waals surface area contributed by atoms with E-state index in [-0.39, 0.29) is 0 Å². The summed E-state index contributed by atoms with van der Waals surface area (Å²) in [6.07, 6.45) is 8.69. The topological polar surface area (TPSA) is 21.7 Å². The number of hydrogen-bond donors (Lipinski definition) is 0. The number of aromatic nitrogens is 3. The largest absolute Gasteiger partial charge is 0.257 e. The molecular formula is C18H18N3+. The minimum atomic E-state index is 0.478. The first-order chi connectivity index (χ1) is 10.4. The fourth-order valence-corrected chi connectivity index (χ4v) is 3.19. The zero-order valence-electron chi connectivity index (χ0n) is 11.9. The van der Waals surface area contributed by atoms with Gasteiger partial charge in [0, 0.05) is 19.0 Å². The van der Waals surface area contributed by atoms with Crippen LogP contribution in [-0.2, 0) is 13.0 Å². The van der Waals surface area contributed by atoms with Crippen LogP contribution in [0.4, 0.5) is 0 Å². The molecule has 0 aliphatic carbocycles. The summed E-state index contributed by atoms with van der Waals surface area (Å²) in [5, 5.41) is 0. The van der Waals surface area contributed by atoms with Gasteiger partial charge in [-0.25, -0.2) is 9.13 Å². The monoisotopic (exact) mass is 276 g/mol. The summed E-state index contributed by atoms with van der Waals surface area (Å²) in [5.41, 5.74) is 3.92. The molecule has 0 saturated carbocycles. The van der Waals surface area contributed by atoms with Crippen molar-refractivity contribution in [3.8, 4) is 0 Å². The number of imidazole rings is 1. The molecule has 0 unspecified atom stereocenters. The molecule has 0 fully saturated rings. The maximum Gasteiger partial charge on any atom is 0.244 e. The van der Waals surface area contributed by atoms with Crippen LogP contribution in [-0.4, -0.2) is 9.55 Å².